The fourth-order valence-corrected chi connectivity index (χ4v) is 2.88. The van der Waals surface area contributed by atoms with Gasteiger partial charge in [0.05, 0.1) is 6.10 Å². The van der Waals surface area contributed by atoms with Gasteiger partial charge in [0.2, 0.25) is 0 Å². The molecule has 0 spiro atoms. The second-order valence-electron chi connectivity index (χ2n) is 5.79. The highest BCUT2D eigenvalue weighted by Gasteiger charge is 2.20. The van der Waals surface area contributed by atoms with Gasteiger partial charge in [0.25, 0.3) is 0 Å². The summed E-state index contributed by atoms with van der Waals surface area (Å²) < 4.78 is 5.72. The number of aryl methyl sites for hydroxylation is 1. The van der Waals surface area contributed by atoms with Gasteiger partial charge in [-0.3, -0.25) is 0 Å². The first-order chi connectivity index (χ1) is 10.2. The topological polar surface area (TPSA) is 37.4 Å². The van der Waals surface area contributed by atoms with Crippen molar-refractivity contribution >= 4 is 5.82 Å². The van der Waals surface area contributed by atoms with Crippen LogP contribution in [0.5, 0.6) is 0 Å². The minimum Gasteiger partial charge on any atom is -0.378 e. The lowest BCUT2D eigenvalue weighted by molar-refractivity contribution is 0.0458. The van der Waals surface area contributed by atoms with E-state index in [4.69, 9.17) is 9.72 Å². The Morgan fingerprint density at radius 2 is 2.05 bits per heavy atom. The number of nitrogens with one attached hydrogen (secondary N) is 1. The van der Waals surface area contributed by atoms with E-state index in [1.807, 2.05) is 0 Å². The van der Waals surface area contributed by atoms with Crippen molar-refractivity contribution < 1.29 is 4.74 Å². The summed E-state index contributed by atoms with van der Waals surface area (Å²) in [4.78, 5) is 7.11. The van der Waals surface area contributed by atoms with E-state index in [-0.39, 0.29) is 0 Å². The average Bonchev–Trinajstić information content (AvgIpc) is 2.48. The molecule has 0 bridgehead atoms. The summed E-state index contributed by atoms with van der Waals surface area (Å²) in [5.41, 5.74) is 2.44. The van der Waals surface area contributed by atoms with Gasteiger partial charge >= 0.3 is 0 Å². The first-order valence-corrected chi connectivity index (χ1v) is 8.27. The van der Waals surface area contributed by atoms with E-state index in [1.54, 1.807) is 0 Å². The van der Waals surface area contributed by atoms with Crippen LogP contribution >= 0.6 is 0 Å². The van der Waals surface area contributed by atoms with Crippen molar-refractivity contribution in [1.29, 1.82) is 0 Å². The number of aromatic nitrogens is 1. The van der Waals surface area contributed by atoms with Crippen molar-refractivity contribution in [2.24, 2.45) is 0 Å². The first-order valence-electron chi connectivity index (χ1n) is 8.27. The zero-order valence-corrected chi connectivity index (χ0v) is 13.7. The van der Waals surface area contributed by atoms with Crippen molar-refractivity contribution in [3.8, 4) is 0 Å². The van der Waals surface area contributed by atoms with Crippen molar-refractivity contribution in [3.63, 3.8) is 0 Å². The lowest BCUT2D eigenvalue weighted by Gasteiger charge is -2.33. The van der Waals surface area contributed by atoms with Crippen LogP contribution in [0.4, 0.5) is 5.82 Å². The molecule has 0 aliphatic carbocycles. The first kappa shape index (κ1) is 16.2. The molecule has 1 N–H and O–H groups in total. The van der Waals surface area contributed by atoms with Crippen molar-refractivity contribution in [1.82, 2.24) is 10.3 Å². The molecule has 1 aliphatic heterocycles. The maximum absolute atomic E-state index is 5.72. The fourth-order valence-electron chi connectivity index (χ4n) is 2.88. The molecule has 0 unspecified atom stereocenters. The van der Waals surface area contributed by atoms with Crippen molar-refractivity contribution in [2.75, 3.05) is 31.1 Å². The third-order valence-corrected chi connectivity index (χ3v) is 3.92. The highest BCUT2D eigenvalue weighted by Crippen LogP contribution is 2.21. The molecule has 2 rings (SSSR count). The summed E-state index contributed by atoms with van der Waals surface area (Å²) in [6.07, 6.45) is 3.81. The Labute approximate surface area is 128 Å². The molecular formula is C17H29N3O. The summed E-state index contributed by atoms with van der Waals surface area (Å²) in [6.45, 7) is 11.3. The van der Waals surface area contributed by atoms with Crippen LogP contribution in [0.2, 0.25) is 0 Å². The molecule has 4 nitrogen and oxygen atoms in total. The third-order valence-electron chi connectivity index (χ3n) is 3.92. The molecular weight excluding hydrogens is 262 g/mol. The minimum absolute atomic E-state index is 0.432. The summed E-state index contributed by atoms with van der Waals surface area (Å²) in [6, 6.07) is 4.41. The van der Waals surface area contributed by atoms with E-state index < -0.39 is 0 Å². The van der Waals surface area contributed by atoms with Gasteiger partial charge in [0, 0.05) is 31.9 Å². The summed E-state index contributed by atoms with van der Waals surface area (Å²) in [5.74, 6) is 1.12. The van der Waals surface area contributed by atoms with Crippen molar-refractivity contribution in [2.45, 2.75) is 52.7 Å². The number of piperidine rings is 1. The smallest absolute Gasteiger partial charge is 0.129 e. The molecule has 2 heterocycles. The predicted octanol–water partition coefficient (Wildman–Crippen LogP) is 2.89. The van der Waals surface area contributed by atoms with Gasteiger partial charge in [0.15, 0.2) is 0 Å². The molecule has 118 valence electrons. The molecule has 0 amide bonds. The maximum atomic E-state index is 5.72. The van der Waals surface area contributed by atoms with Gasteiger partial charge < -0.3 is 15.0 Å². The van der Waals surface area contributed by atoms with Gasteiger partial charge in [-0.25, -0.2) is 4.98 Å². The molecule has 1 saturated heterocycles. The fraction of sp³-hybridized carbons (Fsp3) is 0.706. The molecule has 0 aromatic carbocycles. The van der Waals surface area contributed by atoms with Crippen LogP contribution in [0.3, 0.4) is 0 Å². The molecule has 4 heteroatoms. The van der Waals surface area contributed by atoms with E-state index in [0.717, 1.165) is 57.1 Å². The van der Waals surface area contributed by atoms with Crippen molar-refractivity contribution in [3.05, 3.63) is 23.4 Å². The number of nitrogens with zero attached hydrogens (tertiary/aromatic N) is 2. The molecule has 21 heavy (non-hydrogen) atoms. The van der Waals surface area contributed by atoms with Gasteiger partial charge in [-0.15, -0.1) is 0 Å². The molecule has 0 radical (unpaired) electrons. The lowest BCUT2D eigenvalue weighted by Crippen LogP contribution is -2.37. The SMILES string of the molecule is CCCNCc1cc(C)nc(N2CCC(OCC)CC2)c1. The standard InChI is InChI=1S/C17H29N3O/c1-4-8-18-13-15-11-14(3)19-17(12-15)20-9-6-16(7-10-20)21-5-2/h11-12,16,18H,4-10,13H2,1-3H3. The van der Waals surface area contributed by atoms with E-state index in [2.05, 4.69) is 43.1 Å². The Bertz CT molecular complexity index is 428. The number of hydrogen-bond acceptors (Lipinski definition) is 4. The Kier molecular flexibility index (Phi) is 6.46. The summed E-state index contributed by atoms with van der Waals surface area (Å²) in [5, 5.41) is 3.47. The number of anilines is 1. The second-order valence-corrected chi connectivity index (χ2v) is 5.79. The predicted molar refractivity (Wildman–Crippen MR) is 87.8 cm³/mol. The largest absolute Gasteiger partial charge is 0.378 e. The Morgan fingerprint density at radius 1 is 1.29 bits per heavy atom. The van der Waals surface area contributed by atoms with Crippen LogP contribution in [-0.4, -0.2) is 37.3 Å². The van der Waals surface area contributed by atoms with Crippen LogP contribution in [-0.2, 0) is 11.3 Å². The van der Waals surface area contributed by atoms with Crippen LogP contribution in [0.25, 0.3) is 0 Å². The lowest BCUT2D eigenvalue weighted by atomic mass is 10.1. The molecule has 1 fully saturated rings. The average molecular weight is 291 g/mol. The van der Waals surface area contributed by atoms with Crippen LogP contribution < -0.4 is 10.2 Å². The van der Waals surface area contributed by atoms with Gasteiger partial charge in [-0.1, -0.05) is 6.92 Å². The Balaban J connectivity index is 1.96. The van der Waals surface area contributed by atoms with Gasteiger partial charge in [-0.05, 0) is 57.4 Å². The number of rotatable bonds is 7. The number of pyridine rings is 1. The number of hydrogen-bond donors (Lipinski definition) is 1. The molecule has 0 saturated carbocycles. The molecule has 1 aromatic heterocycles. The quantitative estimate of drug-likeness (QED) is 0.784. The Hall–Kier alpha value is -1.13. The third kappa shape index (κ3) is 4.97. The van der Waals surface area contributed by atoms with Gasteiger partial charge in [0.1, 0.15) is 5.82 Å². The highest BCUT2D eigenvalue weighted by molar-refractivity contribution is 5.43. The van der Waals surface area contributed by atoms with E-state index in [9.17, 15) is 0 Å². The summed E-state index contributed by atoms with van der Waals surface area (Å²) in [7, 11) is 0. The highest BCUT2D eigenvalue weighted by atomic mass is 16.5. The summed E-state index contributed by atoms with van der Waals surface area (Å²) >= 11 is 0. The second kappa shape index (κ2) is 8.35. The van der Waals surface area contributed by atoms with Crippen LogP contribution in [0, 0.1) is 6.92 Å². The zero-order chi connectivity index (χ0) is 15.1. The van der Waals surface area contributed by atoms with Gasteiger partial charge in [-0.2, -0.15) is 0 Å². The minimum atomic E-state index is 0.432. The monoisotopic (exact) mass is 291 g/mol. The maximum Gasteiger partial charge on any atom is 0.129 e. The molecule has 1 aromatic rings. The Morgan fingerprint density at radius 3 is 2.71 bits per heavy atom. The van der Waals surface area contributed by atoms with E-state index in [1.165, 1.54) is 12.0 Å². The van der Waals surface area contributed by atoms with E-state index >= 15 is 0 Å². The van der Waals surface area contributed by atoms with Crippen LogP contribution in [0.1, 0.15) is 44.4 Å². The normalized spacial score (nSPS) is 16.4. The molecule has 0 atom stereocenters. The number of ether oxygens (including phenoxy) is 1. The van der Waals surface area contributed by atoms with Crippen LogP contribution in [0.15, 0.2) is 12.1 Å². The van der Waals surface area contributed by atoms with E-state index in [0.29, 0.717) is 6.10 Å². The molecule has 1 aliphatic rings. The zero-order valence-electron chi connectivity index (χ0n) is 13.7.